The Morgan fingerprint density at radius 2 is 0.810 bits per heavy atom. The maximum Gasteiger partial charge on any atom is 0.289 e. The van der Waals surface area contributed by atoms with Crippen LogP contribution in [0.2, 0.25) is 35.2 Å². The van der Waals surface area contributed by atoms with Crippen molar-refractivity contribution in [3.63, 3.8) is 0 Å². The highest BCUT2D eigenvalue weighted by Crippen LogP contribution is 2.33. The molecule has 330 valence electrons. The molecule has 18 nitrogen and oxygen atoms in total. The van der Waals surface area contributed by atoms with E-state index in [1.807, 2.05) is 28.7 Å². The van der Waals surface area contributed by atoms with Crippen LogP contribution in [0.3, 0.4) is 0 Å². The van der Waals surface area contributed by atoms with Gasteiger partial charge in [-0.05, 0) is 71.1 Å². The maximum atomic E-state index is 10.3. The molecule has 0 atom stereocenters. The van der Waals surface area contributed by atoms with Crippen LogP contribution in [-0.4, -0.2) is 29.5 Å². The zero-order valence-corrected chi connectivity index (χ0v) is 39.6. The number of non-ortho nitro benzene ring substituents is 3. The largest absolute Gasteiger partial charge is 0.289 e. The van der Waals surface area contributed by atoms with Crippen molar-refractivity contribution in [2.45, 2.75) is 0 Å². The molecule has 0 radical (unpaired) electrons. The summed E-state index contributed by atoms with van der Waals surface area (Å²) in [7, 11) is 0. The van der Waals surface area contributed by atoms with E-state index in [1.165, 1.54) is 72.8 Å². The Morgan fingerprint density at radius 3 is 1.22 bits per heavy atom. The first-order valence-corrected chi connectivity index (χ1v) is 20.4. The van der Waals surface area contributed by atoms with E-state index in [0.29, 0.717) is 10.0 Å². The van der Waals surface area contributed by atoms with E-state index in [4.69, 9.17) is 81.2 Å². The highest BCUT2D eigenvalue weighted by atomic mass is 127. The van der Waals surface area contributed by atoms with Gasteiger partial charge in [-0.25, -0.2) is 0 Å². The zero-order valence-electron chi connectivity index (χ0n) is 30.6. The van der Waals surface area contributed by atoms with Crippen molar-refractivity contribution in [2.75, 3.05) is 0 Å². The molecular formula is C36H21BrCl7IN6O12. The van der Waals surface area contributed by atoms with Crippen LogP contribution in [0.25, 0.3) is 0 Å². The minimum Gasteiger partial charge on any atom is -0.258 e. The minimum atomic E-state index is -0.620. The van der Waals surface area contributed by atoms with Crippen LogP contribution in [0.5, 0.6) is 0 Å². The molecule has 0 aliphatic heterocycles. The lowest BCUT2D eigenvalue weighted by molar-refractivity contribution is -0.385. The lowest BCUT2D eigenvalue weighted by atomic mass is 10.3. The predicted molar refractivity (Wildman–Crippen MR) is 254 cm³/mol. The van der Waals surface area contributed by atoms with Crippen molar-refractivity contribution >= 4 is 154 Å². The van der Waals surface area contributed by atoms with Crippen LogP contribution < -0.4 is 0 Å². The Hall–Kier alpha value is -5.04. The van der Waals surface area contributed by atoms with Gasteiger partial charge < -0.3 is 0 Å². The Labute approximate surface area is 411 Å². The minimum absolute atomic E-state index is 0.0191. The fraction of sp³-hybridized carbons (Fsp3) is 0. The van der Waals surface area contributed by atoms with Crippen molar-refractivity contribution < 1.29 is 29.5 Å². The van der Waals surface area contributed by atoms with Crippen molar-refractivity contribution in [3.05, 3.63) is 231 Å². The number of nitro benzene ring substituents is 6. The lowest BCUT2D eigenvalue weighted by Crippen LogP contribution is -1.88. The predicted octanol–water partition coefficient (Wildman–Crippen LogP) is 15.5. The maximum absolute atomic E-state index is 10.3. The molecule has 0 bridgehead atoms. The van der Waals surface area contributed by atoms with Gasteiger partial charge in [0.25, 0.3) is 34.1 Å². The van der Waals surface area contributed by atoms with Crippen LogP contribution >= 0.6 is 120 Å². The Morgan fingerprint density at radius 1 is 0.365 bits per heavy atom. The molecule has 0 heterocycles. The van der Waals surface area contributed by atoms with Crippen LogP contribution in [-0.2, 0) is 0 Å². The number of halogens is 9. The van der Waals surface area contributed by atoms with Crippen molar-refractivity contribution in [3.8, 4) is 0 Å². The van der Waals surface area contributed by atoms with Gasteiger partial charge in [-0.2, -0.15) is 0 Å². The summed E-state index contributed by atoms with van der Waals surface area (Å²) >= 11 is 43.8. The monoisotopic (exact) mass is 1180 g/mol. The van der Waals surface area contributed by atoms with E-state index in [-0.39, 0.29) is 59.2 Å². The molecule has 0 spiro atoms. The molecule has 6 aromatic rings. The van der Waals surface area contributed by atoms with Gasteiger partial charge in [0.2, 0.25) is 0 Å². The third-order valence-corrected chi connectivity index (χ3v) is 9.75. The Balaban J connectivity index is 0.000000378. The molecule has 0 fully saturated rings. The highest BCUT2D eigenvalue weighted by molar-refractivity contribution is 14.1. The summed E-state index contributed by atoms with van der Waals surface area (Å²) in [6, 6.07) is 31.0. The number of nitrogens with zero attached hydrogens (tertiary/aromatic N) is 6. The summed E-state index contributed by atoms with van der Waals surface area (Å²) in [6.07, 6.45) is 0. The first-order valence-electron chi connectivity index (χ1n) is 15.9. The van der Waals surface area contributed by atoms with Crippen LogP contribution in [0, 0.1) is 64.3 Å². The normalized spacial score (nSPS) is 9.48. The number of benzene rings is 6. The second-order valence-corrected chi connectivity index (χ2v) is 15.8. The van der Waals surface area contributed by atoms with E-state index < -0.39 is 29.5 Å². The lowest BCUT2D eigenvalue weighted by Gasteiger charge is -1.97. The van der Waals surface area contributed by atoms with Crippen LogP contribution in [0.4, 0.5) is 34.1 Å². The van der Waals surface area contributed by atoms with Gasteiger partial charge in [-0.1, -0.05) is 121 Å². The number of hydrogen-bond acceptors (Lipinski definition) is 12. The van der Waals surface area contributed by atoms with Crippen molar-refractivity contribution in [1.29, 1.82) is 0 Å². The third kappa shape index (κ3) is 21.7. The van der Waals surface area contributed by atoms with E-state index in [2.05, 4.69) is 15.9 Å². The fourth-order valence-corrected chi connectivity index (χ4v) is 5.76. The average molecular weight is 1180 g/mol. The summed E-state index contributed by atoms with van der Waals surface area (Å²) in [5, 5.41) is 62.3. The molecule has 63 heavy (non-hydrogen) atoms. The quantitative estimate of drug-likeness (QED) is 0.0653. The summed E-state index contributed by atoms with van der Waals surface area (Å²) in [5.41, 5.74) is -0.183. The summed E-state index contributed by atoms with van der Waals surface area (Å²) < 4.78 is 1.73. The summed E-state index contributed by atoms with van der Waals surface area (Å²) in [4.78, 5) is 58.0. The molecule has 0 aliphatic carbocycles. The second-order valence-electron chi connectivity index (χ2n) is 10.7. The first-order chi connectivity index (χ1) is 29.4. The molecule has 0 unspecified atom stereocenters. The van der Waals surface area contributed by atoms with Gasteiger partial charge in [0.05, 0.1) is 39.6 Å². The van der Waals surface area contributed by atoms with E-state index in [0.717, 1.165) is 14.1 Å². The van der Waals surface area contributed by atoms with Gasteiger partial charge in [0.1, 0.15) is 15.1 Å². The van der Waals surface area contributed by atoms with Gasteiger partial charge >= 0.3 is 0 Å². The van der Waals surface area contributed by atoms with Crippen LogP contribution in [0.15, 0.2) is 132 Å². The highest BCUT2D eigenvalue weighted by Gasteiger charge is 2.15. The van der Waals surface area contributed by atoms with E-state index in [1.54, 1.807) is 42.5 Å². The van der Waals surface area contributed by atoms with Crippen LogP contribution in [0.1, 0.15) is 0 Å². The van der Waals surface area contributed by atoms with Gasteiger partial charge in [0.15, 0.2) is 0 Å². The number of rotatable bonds is 6. The summed E-state index contributed by atoms with van der Waals surface area (Å²) in [6.45, 7) is 0. The van der Waals surface area contributed by atoms with Crippen molar-refractivity contribution in [2.24, 2.45) is 0 Å². The molecular weight excluding hydrogens is 1160 g/mol. The van der Waals surface area contributed by atoms with E-state index >= 15 is 0 Å². The Kier molecular flexibility index (Phi) is 25.4. The molecule has 0 amide bonds. The Bertz CT molecular complexity index is 2530. The van der Waals surface area contributed by atoms with Gasteiger partial charge in [-0.3, -0.25) is 60.7 Å². The molecule has 6 rings (SSSR count). The molecule has 0 aromatic heterocycles. The average Bonchev–Trinajstić information content (AvgIpc) is 3.21. The molecule has 0 saturated carbocycles. The molecule has 0 saturated heterocycles. The molecule has 0 N–H and O–H groups in total. The topological polar surface area (TPSA) is 259 Å². The second kappa shape index (κ2) is 28.6. The number of nitro groups is 6. The van der Waals surface area contributed by atoms with Gasteiger partial charge in [-0.15, -0.1) is 0 Å². The van der Waals surface area contributed by atoms with Gasteiger partial charge in [0, 0.05) is 72.7 Å². The first kappa shape index (κ1) is 56.0. The summed E-state index contributed by atoms with van der Waals surface area (Å²) in [5.74, 6) is 0. The fourth-order valence-electron chi connectivity index (χ4n) is 3.62. The standard InChI is InChI=1S/C6H4BrNO2.C6H2Cl3NO2.C6H3Cl2NO2.2C6H4ClNO2.C6H4INO2/c7-5-1-3-6(4-2-5)8(9)10;7-3-1-5(9)6(10(11)12)2-4(3)8;7-4-1-2-5(8)6(3-4)9(10)11;7-5-2-1-3-6(4-5)8(9)10;7-5-3-1-2-4-6(5)8(9)10;7-5-2-1-3-6(4-5)8(9)10/h1-4H;1-2H;1-3H;3*1-4H. The van der Waals surface area contributed by atoms with Crippen molar-refractivity contribution in [1.82, 2.24) is 0 Å². The molecule has 0 aliphatic rings. The zero-order chi connectivity index (χ0) is 48.0. The molecule has 27 heteroatoms. The molecule has 6 aromatic carbocycles. The third-order valence-electron chi connectivity index (χ3n) is 6.42. The number of para-hydroxylation sites is 1. The van der Waals surface area contributed by atoms with E-state index in [9.17, 15) is 60.7 Å². The smallest absolute Gasteiger partial charge is 0.258 e. The SMILES string of the molecule is O=[N+]([O-])c1cc(Cl)c(Cl)cc1Cl.O=[N+]([O-])c1cc(Cl)ccc1Cl.O=[N+]([O-])c1ccc(Br)cc1.O=[N+]([O-])c1cccc(Cl)c1.O=[N+]([O-])c1cccc(I)c1.O=[N+]([O-])c1ccccc1Cl. The number of hydrogen-bond donors (Lipinski definition) is 0.